The molecule has 6 nitrogen and oxygen atoms in total. The van der Waals surface area contributed by atoms with Gasteiger partial charge in [-0.1, -0.05) is 17.7 Å². The van der Waals surface area contributed by atoms with E-state index in [1.165, 1.54) is 6.07 Å². The number of pyridine rings is 1. The highest BCUT2D eigenvalue weighted by atomic mass is 35.5. The van der Waals surface area contributed by atoms with Crippen LogP contribution >= 0.6 is 11.6 Å². The number of nitrogens with one attached hydrogen (secondary N) is 2. The Morgan fingerprint density at radius 1 is 1.03 bits per heavy atom. The molecule has 0 fully saturated rings. The van der Waals surface area contributed by atoms with E-state index in [1.807, 2.05) is 25.1 Å². The molecule has 3 aromatic rings. The summed E-state index contributed by atoms with van der Waals surface area (Å²) in [5.74, 6) is 0.741. The highest BCUT2D eigenvalue weighted by Gasteiger charge is 2.30. The van der Waals surface area contributed by atoms with Crippen LogP contribution in [-0.4, -0.2) is 47.0 Å². The van der Waals surface area contributed by atoms with Gasteiger partial charge in [-0.25, -0.2) is 4.98 Å². The molecule has 0 aliphatic rings. The van der Waals surface area contributed by atoms with Gasteiger partial charge in [-0.3, -0.25) is 4.98 Å². The monoisotopic (exact) mass is 436 g/mol. The molecule has 158 valence electrons. The average Bonchev–Trinajstić information content (AvgIpc) is 2.69. The SMILES string of the molecule is CN(C)CCNc1nc(Nc2ccc(C(F)(F)F)cc2Cl)cc(-c2ccccn2)n1. The van der Waals surface area contributed by atoms with Crippen molar-refractivity contribution in [1.82, 2.24) is 19.9 Å². The van der Waals surface area contributed by atoms with Crippen molar-refractivity contribution in [3.05, 3.63) is 59.2 Å². The number of nitrogens with zero attached hydrogens (tertiary/aromatic N) is 4. The minimum atomic E-state index is -4.47. The Hall–Kier alpha value is -2.91. The summed E-state index contributed by atoms with van der Waals surface area (Å²) in [5, 5.41) is 6.05. The summed E-state index contributed by atoms with van der Waals surface area (Å²) in [6, 6.07) is 10.2. The molecular weight excluding hydrogens is 417 g/mol. The van der Waals surface area contributed by atoms with Crippen molar-refractivity contribution in [3.63, 3.8) is 0 Å². The van der Waals surface area contributed by atoms with E-state index in [9.17, 15) is 13.2 Å². The molecule has 10 heteroatoms. The van der Waals surface area contributed by atoms with Crippen LogP contribution in [0.2, 0.25) is 5.02 Å². The molecule has 0 radical (unpaired) electrons. The second kappa shape index (κ2) is 9.27. The van der Waals surface area contributed by atoms with Crippen molar-refractivity contribution in [3.8, 4) is 11.4 Å². The zero-order valence-electron chi connectivity index (χ0n) is 16.3. The second-order valence-electron chi connectivity index (χ2n) is 6.72. The van der Waals surface area contributed by atoms with Crippen LogP contribution < -0.4 is 10.6 Å². The number of hydrogen-bond donors (Lipinski definition) is 2. The highest BCUT2D eigenvalue weighted by molar-refractivity contribution is 6.33. The summed E-state index contributed by atoms with van der Waals surface area (Å²) >= 11 is 6.06. The maximum absolute atomic E-state index is 12.9. The van der Waals surface area contributed by atoms with Gasteiger partial charge in [-0.05, 0) is 44.4 Å². The van der Waals surface area contributed by atoms with Gasteiger partial charge in [0.2, 0.25) is 5.95 Å². The number of alkyl halides is 3. The molecule has 3 rings (SSSR count). The van der Waals surface area contributed by atoms with Crippen LogP contribution in [-0.2, 0) is 6.18 Å². The van der Waals surface area contributed by atoms with Gasteiger partial charge >= 0.3 is 6.18 Å². The molecule has 2 aromatic heterocycles. The van der Waals surface area contributed by atoms with E-state index < -0.39 is 11.7 Å². The van der Waals surface area contributed by atoms with Crippen LogP contribution in [0.1, 0.15) is 5.56 Å². The van der Waals surface area contributed by atoms with Gasteiger partial charge in [0.25, 0.3) is 0 Å². The fourth-order valence-corrected chi connectivity index (χ4v) is 2.79. The molecule has 2 N–H and O–H groups in total. The lowest BCUT2D eigenvalue weighted by molar-refractivity contribution is -0.137. The lowest BCUT2D eigenvalue weighted by Gasteiger charge is -2.14. The molecule has 0 saturated heterocycles. The number of benzene rings is 1. The Kier molecular flexibility index (Phi) is 6.73. The molecular formula is C20H20ClF3N6. The van der Waals surface area contributed by atoms with Crippen molar-refractivity contribution in [2.45, 2.75) is 6.18 Å². The normalized spacial score (nSPS) is 11.6. The summed E-state index contributed by atoms with van der Waals surface area (Å²) in [7, 11) is 3.90. The van der Waals surface area contributed by atoms with Crippen molar-refractivity contribution >= 4 is 29.1 Å². The van der Waals surface area contributed by atoms with Crippen LogP contribution in [0.25, 0.3) is 11.4 Å². The Balaban J connectivity index is 1.91. The Morgan fingerprint density at radius 2 is 1.83 bits per heavy atom. The number of aromatic nitrogens is 3. The molecule has 0 unspecified atom stereocenters. The predicted molar refractivity (Wildman–Crippen MR) is 112 cm³/mol. The van der Waals surface area contributed by atoms with Crippen molar-refractivity contribution in [2.24, 2.45) is 0 Å². The lowest BCUT2D eigenvalue weighted by atomic mass is 10.2. The molecule has 0 saturated carbocycles. The third kappa shape index (κ3) is 5.80. The maximum Gasteiger partial charge on any atom is 0.416 e. The van der Waals surface area contributed by atoms with Gasteiger partial charge in [-0.15, -0.1) is 0 Å². The number of halogens is 4. The molecule has 2 heterocycles. The zero-order valence-corrected chi connectivity index (χ0v) is 17.1. The Bertz CT molecular complexity index is 996. The summed E-state index contributed by atoms with van der Waals surface area (Å²) in [6.45, 7) is 1.38. The fraction of sp³-hybridized carbons (Fsp3) is 0.250. The molecule has 0 spiro atoms. The van der Waals surface area contributed by atoms with Crippen LogP contribution in [0.15, 0.2) is 48.7 Å². The third-order valence-corrected chi connectivity index (χ3v) is 4.37. The van der Waals surface area contributed by atoms with Gasteiger partial charge in [0.1, 0.15) is 5.82 Å². The van der Waals surface area contributed by atoms with E-state index >= 15 is 0 Å². The number of anilines is 3. The summed E-state index contributed by atoms with van der Waals surface area (Å²) < 4.78 is 38.6. The third-order valence-electron chi connectivity index (χ3n) is 4.05. The minimum Gasteiger partial charge on any atom is -0.353 e. The Morgan fingerprint density at radius 3 is 2.47 bits per heavy atom. The largest absolute Gasteiger partial charge is 0.416 e. The van der Waals surface area contributed by atoms with E-state index in [2.05, 4.69) is 25.6 Å². The van der Waals surface area contributed by atoms with Crippen LogP contribution in [0, 0.1) is 0 Å². The van der Waals surface area contributed by atoms with Crippen LogP contribution in [0.4, 0.5) is 30.6 Å². The van der Waals surface area contributed by atoms with Gasteiger partial charge in [0, 0.05) is 25.4 Å². The van der Waals surface area contributed by atoms with Gasteiger partial charge in [0.15, 0.2) is 0 Å². The maximum atomic E-state index is 12.9. The quantitative estimate of drug-likeness (QED) is 0.547. The molecule has 0 bridgehead atoms. The first-order valence-electron chi connectivity index (χ1n) is 9.05. The van der Waals surface area contributed by atoms with E-state index in [-0.39, 0.29) is 5.02 Å². The first-order valence-corrected chi connectivity index (χ1v) is 9.43. The summed E-state index contributed by atoms with van der Waals surface area (Å²) in [6.07, 6.45) is -2.82. The van der Waals surface area contributed by atoms with Gasteiger partial charge < -0.3 is 15.5 Å². The molecule has 0 atom stereocenters. The first-order chi connectivity index (χ1) is 14.2. The molecule has 0 aliphatic carbocycles. The van der Waals surface area contributed by atoms with Gasteiger partial charge in [0.05, 0.1) is 27.7 Å². The molecule has 30 heavy (non-hydrogen) atoms. The lowest BCUT2D eigenvalue weighted by Crippen LogP contribution is -2.21. The smallest absolute Gasteiger partial charge is 0.353 e. The van der Waals surface area contributed by atoms with E-state index in [1.54, 1.807) is 24.4 Å². The molecule has 0 amide bonds. The average molecular weight is 437 g/mol. The van der Waals surface area contributed by atoms with E-state index in [0.29, 0.717) is 35.4 Å². The first kappa shape index (κ1) is 21.8. The van der Waals surface area contributed by atoms with E-state index in [0.717, 1.165) is 18.7 Å². The molecule has 1 aromatic carbocycles. The standard InChI is InChI=1S/C20H20ClF3N6/c1-30(2)10-9-26-19-28-17(16-5-3-4-8-25-16)12-18(29-19)27-15-7-6-13(11-14(15)21)20(22,23)24/h3-8,11-12H,9-10H2,1-2H3,(H2,26,27,28,29). The van der Waals surface area contributed by atoms with Crippen molar-refractivity contribution in [2.75, 3.05) is 37.8 Å². The Labute approximate surface area is 177 Å². The zero-order chi connectivity index (χ0) is 21.7. The van der Waals surface area contributed by atoms with Crippen LogP contribution in [0.3, 0.4) is 0 Å². The second-order valence-corrected chi connectivity index (χ2v) is 7.13. The minimum absolute atomic E-state index is 0.0649. The number of hydrogen-bond acceptors (Lipinski definition) is 6. The molecule has 0 aliphatic heterocycles. The number of likely N-dealkylation sites (N-methyl/N-ethyl adjacent to an activating group) is 1. The van der Waals surface area contributed by atoms with Crippen molar-refractivity contribution in [1.29, 1.82) is 0 Å². The van der Waals surface area contributed by atoms with Gasteiger partial charge in [-0.2, -0.15) is 18.2 Å². The highest BCUT2D eigenvalue weighted by Crippen LogP contribution is 2.35. The van der Waals surface area contributed by atoms with E-state index in [4.69, 9.17) is 11.6 Å². The fourth-order valence-electron chi connectivity index (χ4n) is 2.56. The number of rotatable bonds is 7. The van der Waals surface area contributed by atoms with Crippen LogP contribution in [0.5, 0.6) is 0 Å². The summed E-state index contributed by atoms with van der Waals surface area (Å²) in [4.78, 5) is 15.2. The van der Waals surface area contributed by atoms with Crippen molar-refractivity contribution < 1.29 is 13.2 Å². The topological polar surface area (TPSA) is 66.0 Å². The summed E-state index contributed by atoms with van der Waals surface area (Å²) in [5.41, 5.74) is 0.677. The predicted octanol–water partition coefficient (Wildman–Crippen LogP) is 4.93.